The van der Waals surface area contributed by atoms with Gasteiger partial charge in [-0.1, -0.05) is 39.0 Å². The summed E-state index contributed by atoms with van der Waals surface area (Å²) >= 11 is 0. The SMILES string of the molecule is C/C=C(/C)C(=O)O[C@H]1C(C)=C[C@]23C(=O)[C@@H](C=C(COC(C)=O)[C@@H](OC(C)=O)[C@]12O)[C@H]1[C@@H](C[C@H]3C)C1(C)C. The Balaban J connectivity index is 1.98. The highest BCUT2D eigenvalue weighted by atomic mass is 16.6. The molecule has 0 saturated heterocycles. The summed E-state index contributed by atoms with van der Waals surface area (Å²) in [7, 11) is 0. The van der Waals surface area contributed by atoms with Crippen LogP contribution in [0.25, 0.3) is 0 Å². The number of rotatable bonds is 5. The Bertz CT molecular complexity index is 1140. The summed E-state index contributed by atoms with van der Waals surface area (Å²) in [4.78, 5) is 51.8. The summed E-state index contributed by atoms with van der Waals surface area (Å²) in [6.07, 6.45) is 3.13. The quantitative estimate of drug-likeness (QED) is 0.257. The first-order chi connectivity index (χ1) is 17.1. The van der Waals surface area contributed by atoms with Crippen LogP contribution in [0.3, 0.4) is 0 Å². The van der Waals surface area contributed by atoms with Crippen molar-refractivity contribution >= 4 is 23.7 Å². The van der Waals surface area contributed by atoms with E-state index in [0.717, 1.165) is 0 Å². The minimum Gasteiger partial charge on any atom is -0.461 e. The topological polar surface area (TPSA) is 116 Å². The highest BCUT2D eigenvalue weighted by Gasteiger charge is 2.77. The Morgan fingerprint density at radius 1 is 1.11 bits per heavy atom. The molecular weight excluding hydrogens is 476 g/mol. The molecule has 0 heterocycles. The van der Waals surface area contributed by atoms with Gasteiger partial charge in [-0.15, -0.1) is 0 Å². The van der Waals surface area contributed by atoms with E-state index in [1.54, 1.807) is 39.0 Å². The lowest BCUT2D eigenvalue weighted by molar-refractivity contribution is -0.211. The van der Waals surface area contributed by atoms with Crippen molar-refractivity contribution in [3.63, 3.8) is 0 Å². The van der Waals surface area contributed by atoms with Gasteiger partial charge in [0.15, 0.2) is 23.6 Å². The molecule has 2 bridgehead atoms. The number of carbonyl (C=O) groups is 4. The Kier molecular flexibility index (Phi) is 6.59. The lowest BCUT2D eigenvalue weighted by atomic mass is 9.59. The molecule has 2 fully saturated rings. The van der Waals surface area contributed by atoms with Crippen molar-refractivity contribution in [1.29, 1.82) is 0 Å². The highest BCUT2D eigenvalue weighted by molar-refractivity contribution is 5.96. The standard InChI is InChI=1S/C29H38O8/c1-9-14(2)26(33)37-24-15(3)12-28-16(4)10-21-22(27(21,7)8)20(23(28)32)11-19(13-35-17(5)30)25(29(24,28)34)36-18(6)31/h9,11-12,16,20-22,24-25,34H,10,13H2,1-8H3/b14-9-/t16-,20+,21-,22+,24+,25-,28+,29-/m1/s1. The molecule has 202 valence electrons. The molecule has 8 nitrogen and oxygen atoms in total. The number of fused-ring (bicyclic) bond motifs is 3. The number of ether oxygens (including phenoxy) is 3. The van der Waals surface area contributed by atoms with Crippen molar-refractivity contribution in [1.82, 2.24) is 0 Å². The van der Waals surface area contributed by atoms with E-state index in [4.69, 9.17) is 14.2 Å². The molecular formula is C29H38O8. The average molecular weight is 515 g/mol. The molecule has 0 aromatic rings. The summed E-state index contributed by atoms with van der Waals surface area (Å²) in [5, 5.41) is 12.8. The van der Waals surface area contributed by atoms with E-state index in [1.807, 2.05) is 6.92 Å². The molecule has 8 atom stereocenters. The van der Waals surface area contributed by atoms with Crippen molar-refractivity contribution in [2.45, 2.75) is 79.6 Å². The van der Waals surface area contributed by atoms with Crippen molar-refractivity contribution in [3.8, 4) is 0 Å². The smallest absolute Gasteiger partial charge is 0.334 e. The number of ketones is 1. The van der Waals surface area contributed by atoms with Gasteiger partial charge in [-0.05, 0) is 55.9 Å². The first-order valence-electron chi connectivity index (χ1n) is 13.0. The number of carbonyl (C=O) groups excluding carboxylic acids is 4. The van der Waals surface area contributed by atoms with Gasteiger partial charge in [0.25, 0.3) is 0 Å². The number of hydrogen-bond donors (Lipinski definition) is 1. The van der Waals surface area contributed by atoms with Crippen LogP contribution in [0, 0.1) is 34.5 Å². The summed E-state index contributed by atoms with van der Waals surface area (Å²) in [5.41, 5.74) is -2.54. The van der Waals surface area contributed by atoms with Crippen LogP contribution in [0.1, 0.15) is 61.8 Å². The van der Waals surface area contributed by atoms with Crippen molar-refractivity contribution in [2.75, 3.05) is 6.61 Å². The predicted octanol–water partition coefficient (Wildman–Crippen LogP) is 3.47. The third kappa shape index (κ3) is 3.82. The maximum atomic E-state index is 14.6. The minimum absolute atomic E-state index is 0.0232. The molecule has 1 N–H and O–H groups in total. The van der Waals surface area contributed by atoms with E-state index in [-0.39, 0.29) is 35.6 Å². The zero-order chi connectivity index (χ0) is 27.7. The summed E-state index contributed by atoms with van der Waals surface area (Å²) in [6, 6.07) is 0. The van der Waals surface area contributed by atoms with E-state index in [2.05, 4.69) is 13.8 Å². The van der Waals surface area contributed by atoms with Crippen molar-refractivity contribution in [2.24, 2.45) is 34.5 Å². The minimum atomic E-state index is -2.13. The number of hydrogen-bond acceptors (Lipinski definition) is 8. The van der Waals surface area contributed by atoms with Gasteiger partial charge >= 0.3 is 17.9 Å². The van der Waals surface area contributed by atoms with Gasteiger partial charge in [-0.25, -0.2) is 4.79 Å². The largest absolute Gasteiger partial charge is 0.461 e. The van der Waals surface area contributed by atoms with Crippen LogP contribution < -0.4 is 0 Å². The van der Waals surface area contributed by atoms with Gasteiger partial charge < -0.3 is 19.3 Å². The molecule has 0 aliphatic heterocycles. The molecule has 37 heavy (non-hydrogen) atoms. The average Bonchev–Trinajstić information content (AvgIpc) is 3.30. The van der Waals surface area contributed by atoms with Crippen LogP contribution in [-0.4, -0.2) is 53.2 Å². The normalized spacial score (nSPS) is 39.7. The van der Waals surface area contributed by atoms with Gasteiger partial charge in [-0.2, -0.15) is 0 Å². The number of allylic oxidation sites excluding steroid dienone is 2. The first kappa shape index (κ1) is 27.3. The highest BCUT2D eigenvalue weighted by Crippen LogP contribution is 2.72. The molecule has 4 aliphatic carbocycles. The maximum Gasteiger partial charge on any atom is 0.334 e. The second-order valence-electron chi connectivity index (χ2n) is 11.8. The van der Waals surface area contributed by atoms with E-state index in [1.165, 1.54) is 13.8 Å². The lowest BCUT2D eigenvalue weighted by Crippen LogP contribution is -2.66. The third-order valence-corrected chi connectivity index (χ3v) is 9.39. The molecule has 8 heteroatoms. The molecule has 0 aromatic carbocycles. The first-order valence-corrected chi connectivity index (χ1v) is 13.0. The van der Waals surface area contributed by atoms with E-state index >= 15 is 0 Å². The zero-order valence-corrected chi connectivity index (χ0v) is 22.9. The summed E-state index contributed by atoms with van der Waals surface area (Å²) in [5.74, 6) is -2.71. The van der Waals surface area contributed by atoms with Gasteiger partial charge in [-0.3, -0.25) is 14.4 Å². The van der Waals surface area contributed by atoms with Crippen molar-refractivity contribution in [3.05, 3.63) is 34.9 Å². The molecule has 0 radical (unpaired) electrons. The fourth-order valence-corrected chi connectivity index (χ4v) is 7.39. The number of Topliss-reactive ketones (excluding diaryl/α,β-unsaturated/α-hetero) is 1. The second-order valence-corrected chi connectivity index (χ2v) is 11.8. The lowest BCUT2D eigenvalue weighted by Gasteiger charge is -2.49. The molecule has 0 unspecified atom stereocenters. The number of esters is 3. The van der Waals surface area contributed by atoms with E-state index in [9.17, 15) is 24.3 Å². The molecule has 2 saturated carbocycles. The molecule has 0 aromatic heterocycles. The molecule has 4 rings (SSSR count). The van der Waals surface area contributed by atoms with Crippen LogP contribution in [-0.2, 0) is 33.4 Å². The van der Waals surface area contributed by atoms with Gasteiger partial charge in [0.1, 0.15) is 6.61 Å². The van der Waals surface area contributed by atoms with Crippen LogP contribution >= 0.6 is 0 Å². The van der Waals surface area contributed by atoms with Crippen LogP contribution in [0.4, 0.5) is 0 Å². The predicted molar refractivity (Wildman–Crippen MR) is 134 cm³/mol. The third-order valence-electron chi connectivity index (χ3n) is 9.39. The molecule has 0 amide bonds. The summed E-state index contributed by atoms with van der Waals surface area (Å²) < 4.78 is 17.0. The Morgan fingerprint density at radius 2 is 1.76 bits per heavy atom. The Morgan fingerprint density at radius 3 is 2.32 bits per heavy atom. The van der Waals surface area contributed by atoms with Crippen molar-refractivity contribution < 1.29 is 38.5 Å². The van der Waals surface area contributed by atoms with E-state index < -0.39 is 47.0 Å². The van der Waals surface area contributed by atoms with Gasteiger partial charge in [0, 0.05) is 30.9 Å². The monoisotopic (exact) mass is 514 g/mol. The molecule has 1 spiro atoms. The Labute approximate surface area is 218 Å². The van der Waals surface area contributed by atoms with Gasteiger partial charge in [0.2, 0.25) is 0 Å². The van der Waals surface area contributed by atoms with Gasteiger partial charge in [0.05, 0.1) is 5.41 Å². The fraction of sp³-hybridized carbons (Fsp3) is 0.655. The molecule has 4 aliphatic rings. The Hall–Kier alpha value is -2.74. The van der Waals surface area contributed by atoms with E-state index in [0.29, 0.717) is 23.1 Å². The summed E-state index contributed by atoms with van der Waals surface area (Å²) in [6.45, 7) is 13.4. The van der Waals surface area contributed by atoms with Crippen LogP contribution in [0.5, 0.6) is 0 Å². The fourth-order valence-electron chi connectivity index (χ4n) is 7.39. The zero-order valence-electron chi connectivity index (χ0n) is 22.9. The van der Waals surface area contributed by atoms with Crippen LogP contribution in [0.15, 0.2) is 34.9 Å². The second kappa shape index (κ2) is 8.93. The van der Waals surface area contributed by atoms with Crippen LogP contribution in [0.2, 0.25) is 0 Å². The maximum absolute atomic E-state index is 14.6. The number of aliphatic hydroxyl groups is 1.